The van der Waals surface area contributed by atoms with Crippen LogP contribution in [-0.2, 0) is 7.05 Å². The summed E-state index contributed by atoms with van der Waals surface area (Å²) >= 11 is 7.28. The van der Waals surface area contributed by atoms with Gasteiger partial charge in [0.25, 0.3) is 11.5 Å². The highest BCUT2D eigenvalue weighted by Gasteiger charge is 2.27. The van der Waals surface area contributed by atoms with E-state index >= 15 is 0 Å². The second kappa shape index (κ2) is 12.4. The van der Waals surface area contributed by atoms with Crippen LogP contribution < -0.4 is 20.5 Å². The van der Waals surface area contributed by atoms with Crippen LogP contribution in [0, 0.1) is 18.3 Å². The van der Waals surface area contributed by atoms with E-state index in [0.717, 1.165) is 48.7 Å². The summed E-state index contributed by atoms with van der Waals surface area (Å²) in [6, 6.07) is 12.7. The van der Waals surface area contributed by atoms with Crippen LogP contribution in [0.25, 0.3) is 10.9 Å². The van der Waals surface area contributed by atoms with E-state index in [1.54, 1.807) is 42.3 Å². The van der Waals surface area contributed by atoms with E-state index in [1.807, 2.05) is 32.0 Å². The molecule has 0 saturated carbocycles. The number of nitrogens with one attached hydrogen (secondary N) is 2. The van der Waals surface area contributed by atoms with Gasteiger partial charge in [-0.05, 0) is 62.6 Å². The molecule has 4 aromatic rings. The Bertz CT molecular complexity index is 1740. The van der Waals surface area contributed by atoms with Crippen molar-refractivity contribution in [3.8, 4) is 6.07 Å². The standard InChI is InChI=1S/C30H31ClN8O2S/c1-17-13-21(18(2)34-23-6-7-24(31)35-27(23)29(40)37-42-4)26-22(14-17)30(41)38(3)28(36-26)20-9-11-39(12-10-20)25-8-5-19(15-32)16-33-25/h5-8,13-14,16,18,20,34H,9-12H2,1-4H3,(H,37,40). The summed E-state index contributed by atoms with van der Waals surface area (Å²) in [4.78, 5) is 42.3. The molecule has 1 aliphatic rings. The summed E-state index contributed by atoms with van der Waals surface area (Å²) in [5, 5.41) is 13.2. The molecule has 1 unspecified atom stereocenters. The molecule has 1 amide bonds. The molecule has 3 aromatic heterocycles. The van der Waals surface area contributed by atoms with Crippen molar-refractivity contribution in [3.05, 3.63) is 86.3 Å². The number of piperidine rings is 1. The molecular formula is C30H31ClN8O2S. The number of carbonyl (C=O) groups is 1. The highest BCUT2D eigenvalue weighted by Crippen LogP contribution is 2.32. The van der Waals surface area contributed by atoms with Gasteiger partial charge in [-0.2, -0.15) is 5.26 Å². The fourth-order valence-corrected chi connectivity index (χ4v) is 5.88. The lowest BCUT2D eigenvalue weighted by Crippen LogP contribution is -2.35. The van der Waals surface area contributed by atoms with Crippen molar-refractivity contribution in [2.45, 2.75) is 38.6 Å². The zero-order valence-electron chi connectivity index (χ0n) is 23.8. The first-order valence-corrected chi connectivity index (χ1v) is 15.2. The van der Waals surface area contributed by atoms with Gasteiger partial charge in [0.15, 0.2) is 5.69 Å². The minimum absolute atomic E-state index is 0.0865. The molecule has 5 rings (SSSR count). The number of fused-ring (bicyclic) bond motifs is 1. The summed E-state index contributed by atoms with van der Waals surface area (Å²) in [5.74, 6) is 1.34. The van der Waals surface area contributed by atoms with Crippen LogP contribution in [0.15, 0.2) is 47.4 Å². The largest absolute Gasteiger partial charge is 0.377 e. The van der Waals surface area contributed by atoms with Gasteiger partial charge in [0.2, 0.25) is 0 Å². The van der Waals surface area contributed by atoms with Gasteiger partial charge in [0.1, 0.15) is 22.9 Å². The normalized spacial score (nSPS) is 14.4. The number of aryl methyl sites for hydroxylation is 1. The molecule has 1 atom stereocenters. The van der Waals surface area contributed by atoms with Gasteiger partial charge in [-0.25, -0.2) is 15.0 Å². The van der Waals surface area contributed by atoms with Gasteiger partial charge in [-0.15, -0.1) is 0 Å². The number of rotatable bonds is 7. The Hall–Kier alpha value is -4.14. The predicted molar refractivity (Wildman–Crippen MR) is 167 cm³/mol. The van der Waals surface area contributed by atoms with E-state index < -0.39 is 0 Å². The number of hydrogen-bond acceptors (Lipinski definition) is 9. The maximum atomic E-state index is 13.7. The van der Waals surface area contributed by atoms with Crippen molar-refractivity contribution in [2.24, 2.45) is 7.05 Å². The van der Waals surface area contributed by atoms with Crippen LogP contribution in [0.2, 0.25) is 5.15 Å². The number of hydrogen-bond donors (Lipinski definition) is 2. The molecule has 2 N–H and O–H groups in total. The zero-order valence-corrected chi connectivity index (χ0v) is 25.4. The molecule has 42 heavy (non-hydrogen) atoms. The molecule has 4 heterocycles. The minimum Gasteiger partial charge on any atom is -0.377 e. The average molecular weight is 603 g/mol. The molecule has 1 saturated heterocycles. The monoisotopic (exact) mass is 602 g/mol. The maximum absolute atomic E-state index is 13.7. The first kappa shape index (κ1) is 29.4. The first-order chi connectivity index (χ1) is 20.2. The average Bonchev–Trinajstić information content (AvgIpc) is 3.00. The van der Waals surface area contributed by atoms with Crippen LogP contribution in [0.5, 0.6) is 0 Å². The van der Waals surface area contributed by atoms with Crippen molar-refractivity contribution in [2.75, 3.05) is 29.6 Å². The SMILES string of the molecule is CSNC(=O)c1nc(Cl)ccc1NC(C)c1cc(C)cc2c(=O)n(C)c(C3CCN(c4ccc(C#N)cn4)CC3)nc12. The molecule has 1 fully saturated rings. The van der Waals surface area contributed by atoms with Crippen molar-refractivity contribution >= 4 is 51.9 Å². The van der Waals surface area contributed by atoms with Crippen LogP contribution in [0.1, 0.15) is 64.7 Å². The van der Waals surface area contributed by atoms with Crippen molar-refractivity contribution in [3.63, 3.8) is 0 Å². The number of nitriles is 1. The lowest BCUT2D eigenvalue weighted by atomic mass is 9.94. The van der Waals surface area contributed by atoms with Gasteiger partial charge in [-0.3, -0.25) is 18.9 Å². The fraction of sp³-hybridized carbons (Fsp3) is 0.333. The number of pyridine rings is 2. The summed E-state index contributed by atoms with van der Waals surface area (Å²) in [6.45, 7) is 5.46. The Kier molecular flexibility index (Phi) is 8.66. The van der Waals surface area contributed by atoms with Gasteiger partial charge in [0.05, 0.1) is 28.2 Å². The molecule has 0 spiro atoms. The van der Waals surface area contributed by atoms with Crippen LogP contribution in [0.3, 0.4) is 0 Å². The second-order valence-electron chi connectivity index (χ2n) is 10.4. The Morgan fingerprint density at radius 3 is 2.62 bits per heavy atom. The third-order valence-corrected chi connectivity index (χ3v) is 8.16. The quantitative estimate of drug-likeness (QED) is 0.219. The number of aromatic nitrogens is 4. The summed E-state index contributed by atoms with van der Waals surface area (Å²) < 4.78 is 4.38. The lowest BCUT2D eigenvalue weighted by molar-refractivity contribution is 0.0980. The van der Waals surface area contributed by atoms with E-state index in [-0.39, 0.29) is 34.3 Å². The van der Waals surface area contributed by atoms with E-state index in [1.165, 1.54) is 11.9 Å². The molecular weight excluding hydrogens is 572 g/mol. The fourth-order valence-electron chi connectivity index (χ4n) is 5.45. The van der Waals surface area contributed by atoms with E-state index in [0.29, 0.717) is 22.2 Å². The summed E-state index contributed by atoms with van der Waals surface area (Å²) in [7, 11) is 1.79. The van der Waals surface area contributed by atoms with E-state index in [2.05, 4.69) is 31.0 Å². The predicted octanol–water partition coefficient (Wildman–Crippen LogP) is 5.12. The first-order valence-electron chi connectivity index (χ1n) is 13.6. The van der Waals surface area contributed by atoms with Crippen LogP contribution >= 0.6 is 23.5 Å². The highest BCUT2D eigenvalue weighted by molar-refractivity contribution is 7.97. The Labute approximate surface area is 253 Å². The molecule has 0 radical (unpaired) electrons. The number of amides is 1. The molecule has 0 aliphatic carbocycles. The van der Waals surface area contributed by atoms with E-state index in [4.69, 9.17) is 21.8 Å². The molecule has 12 heteroatoms. The third-order valence-electron chi connectivity index (χ3n) is 7.56. The highest BCUT2D eigenvalue weighted by atomic mass is 35.5. The number of benzene rings is 1. The maximum Gasteiger partial charge on any atom is 0.281 e. The Balaban J connectivity index is 1.46. The third kappa shape index (κ3) is 5.91. The molecule has 1 aromatic carbocycles. The zero-order chi connectivity index (χ0) is 30.0. The Morgan fingerprint density at radius 1 is 1.19 bits per heavy atom. The smallest absolute Gasteiger partial charge is 0.281 e. The van der Waals surface area contributed by atoms with Gasteiger partial charge in [0, 0.05) is 44.1 Å². The Morgan fingerprint density at radius 2 is 1.95 bits per heavy atom. The van der Waals surface area contributed by atoms with Crippen molar-refractivity contribution in [1.82, 2.24) is 24.2 Å². The van der Waals surface area contributed by atoms with Crippen LogP contribution in [0.4, 0.5) is 11.5 Å². The van der Waals surface area contributed by atoms with Crippen molar-refractivity contribution in [1.29, 1.82) is 5.26 Å². The number of nitrogens with zero attached hydrogens (tertiary/aromatic N) is 6. The summed E-state index contributed by atoms with van der Waals surface area (Å²) in [6.07, 6.45) is 4.97. The molecule has 0 bridgehead atoms. The lowest BCUT2D eigenvalue weighted by Gasteiger charge is -2.33. The van der Waals surface area contributed by atoms with Gasteiger partial charge < -0.3 is 10.2 Å². The minimum atomic E-state index is -0.356. The van der Waals surface area contributed by atoms with E-state index in [9.17, 15) is 9.59 Å². The van der Waals surface area contributed by atoms with Crippen molar-refractivity contribution < 1.29 is 4.79 Å². The number of anilines is 2. The molecule has 10 nitrogen and oxygen atoms in total. The number of halogens is 1. The molecule has 216 valence electrons. The number of carbonyl (C=O) groups excluding carboxylic acids is 1. The van der Waals surface area contributed by atoms with Gasteiger partial charge in [-0.1, -0.05) is 29.6 Å². The summed E-state index contributed by atoms with van der Waals surface area (Å²) in [5.41, 5.74) is 3.61. The molecule has 1 aliphatic heterocycles. The van der Waals surface area contributed by atoms with Crippen LogP contribution in [-0.4, -0.2) is 44.8 Å². The van der Waals surface area contributed by atoms with Gasteiger partial charge >= 0.3 is 0 Å². The topological polar surface area (TPSA) is 129 Å². The second-order valence-corrected chi connectivity index (χ2v) is 11.4.